The van der Waals surface area contributed by atoms with Crippen molar-refractivity contribution >= 4 is 10.8 Å². The van der Waals surface area contributed by atoms with Crippen molar-refractivity contribution in [1.29, 1.82) is 0 Å². The highest BCUT2D eigenvalue weighted by Gasteiger charge is 2.11. The molecule has 0 bridgehead atoms. The van der Waals surface area contributed by atoms with E-state index in [2.05, 4.69) is 36.4 Å². The summed E-state index contributed by atoms with van der Waals surface area (Å²) < 4.78 is 13.3. The third kappa shape index (κ3) is 2.51. The van der Waals surface area contributed by atoms with Crippen molar-refractivity contribution in [2.45, 2.75) is 0 Å². The standard InChI is InChI=1S/C22H15F/c23-19-13-10-18(11-14-19)22-20-9-5-4-8-17(20)12-15-21(22)16-6-2-1-3-7-16/h1-15H. The fraction of sp³-hybridized carbons (Fsp3) is 0. The Labute approximate surface area is 134 Å². The molecule has 0 aliphatic rings. The first-order chi connectivity index (χ1) is 11.3. The Balaban J connectivity index is 2.07. The van der Waals surface area contributed by atoms with Crippen LogP contribution in [0.1, 0.15) is 0 Å². The molecule has 0 nitrogen and oxygen atoms in total. The molecule has 23 heavy (non-hydrogen) atoms. The fourth-order valence-electron chi connectivity index (χ4n) is 3.06. The molecule has 0 amide bonds. The summed E-state index contributed by atoms with van der Waals surface area (Å²) in [5.41, 5.74) is 4.50. The second kappa shape index (κ2) is 5.69. The van der Waals surface area contributed by atoms with Crippen LogP contribution in [0.15, 0.2) is 91.0 Å². The number of hydrogen-bond donors (Lipinski definition) is 0. The quantitative estimate of drug-likeness (QED) is 0.406. The van der Waals surface area contributed by atoms with Crippen LogP contribution >= 0.6 is 0 Å². The summed E-state index contributed by atoms with van der Waals surface area (Å²) in [5, 5.41) is 2.37. The van der Waals surface area contributed by atoms with Gasteiger partial charge in [-0.2, -0.15) is 0 Å². The first-order valence-corrected chi connectivity index (χ1v) is 7.66. The molecule has 0 fully saturated rings. The van der Waals surface area contributed by atoms with Gasteiger partial charge < -0.3 is 0 Å². The van der Waals surface area contributed by atoms with Gasteiger partial charge in [0.1, 0.15) is 5.82 Å². The predicted molar refractivity (Wildman–Crippen MR) is 94.8 cm³/mol. The van der Waals surface area contributed by atoms with Crippen LogP contribution in [0.4, 0.5) is 4.39 Å². The molecule has 0 aromatic heterocycles. The summed E-state index contributed by atoms with van der Waals surface area (Å²) in [6.07, 6.45) is 0. The van der Waals surface area contributed by atoms with Crippen LogP contribution in [0.2, 0.25) is 0 Å². The Hall–Kier alpha value is -2.93. The van der Waals surface area contributed by atoms with Crippen LogP contribution in [0, 0.1) is 5.82 Å². The molecular formula is C22H15F. The summed E-state index contributed by atoms with van der Waals surface area (Å²) in [6, 6.07) is 29.7. The van der Waals surface area contributed by atoms with Gasteiger partial charge in [0, 0.05) is 0 Å². The summed E-state index contributed by atoms with van der Waals surface area (Å²) in [7, 11) is 0. The zero-order valence-electron chi connectivity index (χ0n) is 12.5. The molecule has 0 aliphatic heterocycles. The number of halogens is 1. The Kier molecular flexibility index (Phi) is 3.39. The first kappa shape index (κ1) is 13.7. The van der Waals surface area contributed by atoms with Crippen molar-refractivity contribution in [2.75, 3.05) is 0 Å². The molecule has 0 aliphatic carbocycles. The Morgan fingerprint density at radius 1 is 0.522 bits per heavy atom. The van der Waals surface area contributed by atoms with Crippen LogP contribution < -0.4 is 0 Å². The molecule has 0 unspecified atom stereocenters. The van der Waals surface area contributed by atoms with Crippen LogP contribution in [0.5, 0.6) is 0 Å². The van der Waals surface area contributed by atoms with Gasteiger partial charge in [-0.3, -0.25) is 0 Å². The van der Waals surface area contributed by atoms with E-state index in [1.165, 1.54) is 22.9 Å². The van der Waals surface area contributed by atoms with Crippen LogP contribution in [0.25, 0.3) is 33.0 Å². The number of fused-ring (bicyclic) bond motifs is 1. The second-order valence-electron chi connectivity index (χ2n) is 5.58. The predicted octanol–water partition coefficient (Wildman–Crippen LogP) is 6.31. The van der Waals surface area contributed by atoms with E-state index in [4.69, 9.17) is 0 Å². The maximum Gasteiger partial charge on any atom is 0.123 e. The third-order valence-corrected chi connectivity index (χ3v) is 4.15. The summed E-state index contributed by atoms with van der Waals surface area (Å²) >= 11 is 0. The monoisotopic (exact) mass is 298 g/mol. The molecule has 1 heteroatoms. The van der Waals surface area contributed by atoms with Crippen molar-refractivity contribution in [2.24, 2.45) is 0 Å². The largest absolute Gasteiger partial charge is 0.207 e. The molecule has 0 saturated carbocycles. The van der Waals surface area contributed by atoms with Crippen LogP contribution in [-0.2, 0) is 0 Å². The minimum Gasteiger partial charge on any atom is -0.207 e. The van der Waals surface area contributed by atoms with E-state index in [0.717, 1.165) is 22.3 Å². The molecule has 0 atom stereocenters. The van der Waals surface area contributed by atoms with E-state index in [1.54, 1.807) is 0 Å². The fourth-order valence-corrected chi connectivity index (χ4v) is 3.06. The van der Waals surface area contributed by atoms with Gasteiger partial charge in [-0.15, -0.1) is 0 Å². The molecular weight excluding hydrogens is 283 g/mol. The number of benzene rings is 4. The topological polar surface area (TPSA) is 0 Å². The lowest BCUT2D eigenvalue weighted by atomic mass is 9.90. The summed E-state index contributed by atoms with van der Waals surface area (Å²) in [6.45, 7) is 0. The third-order valence-electron chi connectivity index (χ3n) is 4.15. The van der Waals surface area contributed by atoms with E-state index >= 15 is 0 Å². The molecule has 0 heterocycles. The minimum atomic E-state index is -0.213. The average Bonchev–Trinajstić information content (AvgIpc) is 2.62. The molecule has 0 spiro atoms. The van der Waals surface area contributed by atoms with Gasteiger partial charge in [0.05, 0.1) is 0 Å². The second-order valence-corrected chi connectivity index (χ2v) is 5.58. The SMILES string of the molecule is Fc1ccc(-c2c(-c3ccccc3)ccc3ccccc23)cc1. The zero-order chi connectivity index (χ0) is 15.6. The van der Waals surface area contributed by atoms with Crippen LogP contribution in [-0.4, -0.2) is 0 Å². The maximum atomic E-state index is 13.3. The Morgan fingerprint density at radius 2 is 1.22 bits per heavy atom. The Morgan fingerprint density at radius 3 is 2.00 bits per heavy atom. The van der Waals surface area contributed by atoms with E-state index in [0.29, 0.717) is 0 Å². The first-order valence-electron chi connectivity index (χ1n) is 7.66. The number of hydrogen-bond acceptors (Lipinski definition) is 0. The van der Waals surface area contributed by atoms with Crippen molar-refractivity contribution in [3.05, 3.63) is 96.8 Å². The maximum absolute atomic E-state index is 13.3. The lowest BCUT2D eigenvalue weighted by Crippen LogP contribution is -1.88. The molecule has 0 saturated heterocycles. The van der Waals surface area contributed by atoms with Gasteiger partial charge >= 0.3 is 0 Å². The van der Waals surface area contributed by atoms with Crippen LogP contribution in [0.3, 0.4) is 0 Å². The smallest absolute Gasteiger partial charge is 0.123 e. The average molecular weight is 298 g/mol. The molecule has 4 aromatic carbocycles. The summed E-state index contributed by atoms with van der Waals surface area (Å²) in [4.78, 5) is 0. The van der Waals surface area contributed by atoms with Gasteiger partial charge in [-0.05, 0) is 45.2 Å². The van der Waals surface area contributed by atoms with Gasteiger partial charge in [0.2, 0.25) is 0 Å². The molecule has 0 radical (unpaired) electrons. The Bertz CT molecular complexity index is 954. The zero-order valence-corrected chi connectivity index (χ0v) is 12.5. The van der Waals surface area contributed by atoms with E-state index in [9.17, 15) is 4.39 Å². The molecule has 4 rings (SSSR count). The van der Waals surface area contributed by atoms with Crippen molar-refractivity contribution in [3.63, 3.8) is 0 Å². The molecule has 4 aromatic rings. The van der Waals surface area contributed by atoms with Gasteiger partial charge in [0.15, 0.2) is 0 Å². The van der Waals surface area contributed by atoms with Crippen molar-refractivity contribution in [3.8, 4) is 22.3 Å². The van der Waals surface area contributed by atoms with E-state index in [-0.39, 0.29) is 5.82 Å². The van der Waals surface area contributed by atoms with Gasteiger partial charge in [-0.1, -0.05) is 78.9 Å². The highest BCUT2D eigenvalue weighted by molar-refractivity contribution is 6.04. The lowest BCUT2D eigenvalue weighted by molar-refractivity contribution is 0.628. The minimum absolute atomic E-state index is 0.213. The summed E-state index contributed by atoms with van der Waals surface area (Å²) in [5.74, 6) is -0.213. The number of rotatable bonds is 2. The van der Waals surface area contributed by atoms with Crippen molar-refractivity contribution in [1.82, 2.24) is 0 Å². The highest BCUT2D eigenvalue weighted by Crippen LogP contribution is 2.38. The molecule has 110 valence electrons. The molecule has 0 N–H and O–H groups in total. The van der Waals surface area contributed by atoms with Gasteiger partial charge in [-0.25, -0.2) is 4.39 Å². The van der Waals surface area contributed by atoms with E-state index in [1.807, 2.05) is 42.5 Å². The highest BCUT2D eigenvalue weighted by atomic mass is 19.1. The van der Waals surface area contributed by atoms with Crippen molar-refractivity contribution < 1.29 is 4.39 Å². The lowest BCUT2D eigenvalue weighted by Gasteiger charge is -2.14. The normalized spacial score (nSPS) is 10.8. The van der Waals surface area contributed by atoms with Gasteiger partial charge in [0.25, 0.3) is 0 Å². The van der Waals surface area contributed by atoms with E-state index < -0.39 is 0 Å².